The van der Waals surface area contributed by atoms with Gasteiger partial charge in [0.05, 0.1) is 21.3 Å². The zero-order valence-corrected chi connectivity index (χ0v) is 26.5. The van der Waals surface area contributed by atoms with Crippen molar-refractivity contribution in [3.05, 3.63) is 155 Å². The van der Waals surface area contributed by atoms with Gasteiger partial charge in [-0.1, -0.05) is 214 Å². The molecule has 4 amide bonds. The van der Waals surface area contributed by atoms with Gasteiger partial charge in [0.2, 0.25) is 11.8 Å². The lowest BCUT2D eigenvalue weighted by Gasteiger charge is -2.17. The third-order valence-corrected chi connectivity index (χ3v) is 7.88. The number of carbonyl (C=O) groups excluding carboxylic acids is 3. The molecule has 8 nitrogen and oxygen atoms in total. The summed E-state index contributed by atoms with van der Waals surface area (Å²) in [6.45, 7) is 3.79. The van der Waals surface area contributed by atoms with Crippen LogP contribution in [0.4, 0.5) is 4.79 Å². The van der Waals surface area contributed by atoms with E-state index in [1.165, 1.54) is 22.3 Å². The van der Waals surface area contributed by atoms with Crippen molar-refractivity contribution in [2.45, 2.75) is 84.8 Å². The van der Waals surface area contributed by atoms with Gasteiger partial charge in [0.15, 0.2) is 0 Å². The zero-order valence-electron chi connectivity index (χ0n) is 24.1. The Morgan fingerprint density at radius 1 is 0.481 bits per heavy atom. The predicted octanol–water partition coefficient (Wildman–Crippen LogP) is 12.0. The van der Waals surface area contributed by atoms with Crippen LogP contribution in [-0.2, 0) is 9.59 Å². The van der Waals surface area contributed by atoms with Gasteiger partial charge in [0, 0.05) is 0 Å². The molecule has 0 heterocycles. The van der Waals surface area contributed by atoms with Crippen LogP contribution in [0.25, 0.3) is 0 Å². The van der Waals surface area contributed by atoms with E-state index >= 15 is 0 Å². The van der Waals surface area contributed by atoms with E-state index < -0.39 is 11.9 Å². The molecule has 0 fully saturated rings. The van der Waals surface area contributed by atoms with E-state index in [0.717, 1.165) is 0 Å². The Kier molecular flexibility index (Phi) is 62.0. The molecular formula is C43H78ClN5O3S2. The standard InChI is InChI=1S/C15H15NOS.C15H15NS.C2H4ClNO.CH4N2O.10CH4/c16-14(17)11-18-15(12-7-3-1-4-8-12)13-9-5-2-6-10-13;1-12(16)17-15(13-8-4-2-5-9-13)14-10-6-3-7-11-14;3-1-2(4)5;2-1(3)4;;;;;;;;;;/h1-10,15H,11H2,(H2,16,17);2-11,15H,1,16H2;1H2,(H2,4,5);(H4,2,3,4);10*1H4. The van der Waals surface area contributed by atoms with Crippen LogP contribution in [0.5, 0.6) is 0 Å². The van der Waals surface area contributed by atoms with Crippen molar-refractivity contribution in [3.8, 4) is 0 Å². The maximum Gasteiger partial charge on any atom is 0.309 e. The highest BCUT2D eigenvalue weighted by molar-refractivity contribution is 8.03. The first kappa shape index (κ1) is 74.7. The number of primary amides is 4. The molecule has 312 valence electrons. The summed E-state index contributed by atoms with van der Waals surface area (Å²) in [7, 11) is 0. The van der Waals surface area contributed by atoms with Gasteiger partial charge < -0.3 is 28.7 Å². The molecule has 0 aliphatic carbocycles. The minimum Gasteiger partial charge on any atom is -0.394 e. The second-order valence-electron chi connectivity index (χ2n) is 8.77. The third-order valence-electron chi connectivity index (χ3n) is 5.20. The monoisotopic (exact) mass is 812 g/mol. The van der Waals surface area contributed by atoms with Crippen LogP contribution in [0.15, 0.2) is 133 Å². The van der Waals surface area contributed by atoms with Gasteiger partial charge in [-0.05, 0) is 22.3 Å². The number of amides is 4. The first-order valence-corrected chi connectivity index (χ1v) is 15.6. The van der Waals surface area contributed by atoms with E-state index in [1.54, 1.807) is 23.5 Å². The molecule has 0 aromatic heterocycles. The topological polar surface area (TPSA) is 181 Å². The molecule has 10 N–H and O–H groups in total. The molecule has 4 aromatic rings. The SMILES string of the molecule is C.C.C.C.C.C.C.C.C.C.C=C(N)SC(c1ccccc1)c1ccccc1.NC(=O)CCl.NC(=O)CSC(c1ccccc1)c1ccccc1.NC(N)=O. The number of thioether (sulfide) groups is 2. The van der Waals surface area contributed by atoms with E-state index in [0.29, 0.717) is 10.8 Å². The van der Waals surface area contributed by atoms with Gasteiger partial charge in [-0.25, -0.2) is 4.79 Å². The van der Waals surface area contributed by atoms with Crippen molar-refractivity contribution in [3.63, 3.8) is 0 Å². The summed E-state index contributed by atoms with van der Waals surface area (Å²) in [6, 6.07) is 40.2. The summed E-state index contributed by atoms with van der Waals surface area (Å²) in [5, 5.41) is 1.01. The van der Waals surface area contributed by atoms with Crippen LogP contribution < -0.4 is 28.7 Å². The van der Waals surface area contributed by atoms with Crippen molar-refractivity contribution in [2.24, 2.45) is 28.7 Å². The Morgan fingerprint density at radius 2 is 0.704 bits per heavy atom. The molecule has 54 heavy (non-hydrogen) atoms. The molecule has 0 saturated carbocycles. The lowest BCUT2D eigenvalue weighted by Crippen LogP contribution is -2.18. The largest absolute Gasteiger partial charge is 0.394 e. The van der Waals surface area contributed by atoms with Gasteiger partial charge in [-0.2, -0.15) is 0 Å². The number of rotatable bonds is 10. The maximum absolute atomic E-state index is 11.0. The fourth-order valence-corrected chi connectivity index (χ4v) is 5.46. The lowest BCUT2D eigenvalue weighted by atomic mass is 10.0. The number of nitrogens with two attached hydrogens (primary N) is 5. The fourth-order valence-electron chi connectivity index (χ4n) is 3.54. The second-order valence-corrected chi connectivity index (χ2v) is 11.4. The van der Waals surface area contributed by atoms with E-state index in [-0.39, 0.29) is 96.6 Å². The average molecular weight is 813 g/mol. The van der Waals surface area contributed by atoms with Gasteiger partial charge in [-0.3, -0.25) is 9.59 Å². The highest BCUT2D eigenvalue weighted by Crippen LogP contribution is 2.37. The van der Waals surface area contributed by atoms with E-state index in [2.05, 4.69) is 72.3 Å². The summed E-state index contributed by atoms with van der Waals surface area (Å²) in [6.07, 6.45) is 0. The molecule has 0 atom stereocenters. The Morgan fingerprint density at radius 3 is 0.889 bits per heavy atom. The van der Waals surface area contributed by atoms with Crippen molar-refractivity contribution in [2.75, 3.05) is 11.6 Å². The number of hydrogen-bond acceptors (Lipinski definition) is 6. The summed E-state index contributed by atoms with van der Waals surface area (Å²) in [4.78, 5) is 29.4. The lowest BCUT2D eigenvalue weighted by molar-refractivity contribution is -0.116. The first-order valence-electron chi connectivity index (χ1n) is 13.1. The van der Waals surface area contributed by atoms with Gasteiger partial charge in [-0.15, -0.1) is 23.4 Å². The smallest absolute Gasteiger partial charge is 0.309 e. The number of urea groups is 1. The number of benzene rings is 4. The molecule has 4 aromatic carbocycles. The molecule has 4 rings (SSSR count). The van der Waals surface area contributed by atoms with Crippen molar-refractivity contribution in [1.29, 1.82) is 0 Å². The van der Waals surface area contributed by atoms with Crippen LogP contribution in [0, 0.1) is 0 Å². The van der Waals surface area contributed by atoms with Crippen LogP contribution in [0.2, 0.25) is 0 Å². The highest BCUT2D eigenvalue weighted by atomic mass is 35.5. The van der Waals surface area contributed by atoms with Crippen LogP contribution in [0.1, 0.15) is 107 Å². The third kappa shape index (κ3) is 34.7. The van der Waals surface area contributed by atoms with E-state index in [1.807, 2.05) is 72.8 Å². The normalized spacial score (nSPS) is 7.91. The predicted molar refractivity (Wildman–Crippen MR) is 253 cm³/mol. The highest BCUT2D eigenvalue weighted by Gasteiger charge is 2.15. The molecule has 11 heteroatoms. The summed E-state index contributed by atoms with van der Waals surface area (Å²) in [5.74, 6) is -0.516. The van der Waals surface area contributed by atoms with Crippen LogP contribution in [0.3, 0.4) is 0 Å². The molecule has 0 aliphatic rings. The Bertz CT molecular complexity index is 1320. The molecular weight excluding hydrogens is 734 g/mol. The van der Waals surface area contributed by atoms with E-state index in [4.69, 9.17) is 27.9 Å². The number of halogens is 1. The second kappa shape index (κ2) is 44.8. The molecule has 0 unspecified atom stereocenters. The zero-order chi connectivity index (χ0) is 32.7. The quantitative estimate of drug-likeness (QED) is 0.0993. The minimum absolute atomic E-state index is 0. The maximum atomic E-state index is 11.0. The van der Waals surface area contributed by atoms with Crippen LogP contribution >= 0.6 is 35.1 Å². The average Bonchev–Trinajstić information content (AvgIpc) is 3.02. The Labute approximate surface area is 346 Å². The van der Waals surface area contributed by atoms with E-state index in [9.17, 15) is 9.59 Å². The number of hydrogen-bond donors (Lipinski definition) is 5. The van der Waals surface area contributed by atoms with Gasteiger partial charge in [0.25, 0.3) is 0 Å². The number of carbonyl (C=O) groups is 3. The van der Waals surface area contributed by atoms with Crippen molar-refractivity contribution < 1.29 is 14.4 Å². The first-order chi connectivity index (χ1) is 21.0. The van der Waals surface area contributed by atoms with Crippen molar-refractivity contribution in [1.82, 2.24) is 0 Å². The van der Waals surface area contributed by atoms with Crippen LogP contribution in [-0.4, -0.2) is 29.5 Å². The Balaban J connectivity index is -0.0000000636. The molecule has 0 spiro atoms. The van der Waals surface area contributed by atoms with Gasteiger partial charge in [0.1, 0.15) is 5.88 Å². The summed E-state index contributed by atoms with van der Waals surface area (Å²) < 4.78 is 0. The molecule has 0 radical (unpaired) electrons. The van der Waals surface area contributed by atoms with Gasteiger partial charge >= 0.3 is 6.03 Å². The summed E-state index contributed by atoms with van der Waals surface area (Å²) in [5.41, 5.74) is 28.9. The summed E-state index contributed by atoms with van der Waals surface area (Å²) >= 11 is 8.01. The Hall–Kier alpha value is -4.38. The molecule has 0 bridgehead atoms. The van der Waals surface area contributed by atoms with Crippen molar-refractivity contribution >= 4 is 53.0 Å². The number of alkyl halides is 1. The molecule has 0 aliphatic heterocycles. The molecule has 0 saturated heterocycles. The fraction of sp³-hybridized carbons (Fsp3) is 0.326. The minimum atomic E-state index is -0.833.